The standard InChI is InChI=1S/C21H25F3N2O2/c1-26(11-10-14-6-3-2-4-7-14)19-17(25)13-18(20(19)27)28-16-9-5-8-15(12-16)21(22,23)24/h2-9,12,17-20,27H,10-11,13,25H2,1H3/t17-,18-,19+,20+/m1/s1. The third kappa shape index (κ3) is 4.84. The van der Waals surface area contributed by atoms with E-state index < -0.39 is 23.9 Å². The van der Waals surface area contributed by atoms with Crippen LogP contribution in [0.5, 0.6) is 5.75 Å². The van der Waals surface area contributed by atoms with Crippen LogP contribution in [-0.2, 0) is 12.6 Å². The predicted molar refractivity (Wildman–Crippen MR) is 101 cm³/mol. The number of nitrogens with two attached hydrogens (primary N) is 1. The average molecular weight is 394 g/mol. The molecule has 1 aliphatic carbocycles. The van der Waals surface area contributed by atoms with E-state index in [-0.39, 0.29) is 17.8 Å². The van der Waals surface area contributed by atoms with Crippen LogP contribution in [-0.4, -0.2) is 47.9 Å². The summed E-state index contributed by atoms with van der Waals surface area (Å²) in [6, 6.07) is 14.0. The molecule has 28 heavy (non-hydrogen) atoms. The van der Waals surface area contributed by atoms with Crippen LogP contribution in [0.4, 0.5) is 13.2 Å². The molecule has 4 atom stereocenters. The van der Waals surface area contributed by atoms with Crippen molar-refractivity contribution in [3.63, 3.8) is 0 Å². The first-order valence-corrected chi connectivity index (χ1v) is 9.27. The fourth-order valence-corrected chi connectivity index (χ4v) is 3.75. The first-order chi connectivity index (χ1) is 13.3. The van der Waals surface area contributed by atoms with Crippen LogP contribution in [0.2, 0.25) is 0 Å². The third-order valence-electron chi connectivity index (χ3n) is 5.23. The Labute approximate surface area is 162 Å². The molecule has 0 saturated heterocycles. The van der Waals surface area contributed by atoms with Crippen LogP contribution in [0.3, 0.4) is 0 Å². The molecule has 3 N–H and O–H groups in total. The highest BCUT2D eigenvalue weighted by Crippen LogP contribution is 2.33. The molecule has 3 rings (SSSR count). The van der Waals surface area contributed by atoms with Crippen LogP contribution in [0.1, 0.15) is 17.5 Å². The zero-order valence-electron chi connectivity index (χ0n) is 15.6. The van der Waals surface area contributed by atoms with Gasteiger partial charge in [-0.05, 0) is 37.2 Å². The van der Waals surface area contributed by atoms with Crippen molar-refractivity contribution in [3.05, 3.63) is 65.7 Å². The molecule has 0 aliphatic heterocycles. The van der Waals surface area contributed by atoms with E-state index in [0.717, 1.165) is 18.6 Å². The van der Waals surface area contributed by atoms with Crippen LogP contribution in [0.15, 0.2) is 54.6 Å². The number of halogens is 3. The molecule has 7 heteroatoms. The van der Waals surface area contributed by atoms with Gasteiger partial charge in [-0.2, -0.15) is 13.2 Å². The van der Waals surface area contributed by atoms with Gasteiger partial charge in [-0.1, -0.05) is 36.4 Å². The Kier molecular flexibility index (Phi) is 6.27. The molecule has 4 nitrogen and oxygen atoms in total. The first kappa shape index (κ1) is 20.6. The number of rotatable bonds is 6. The maximum Gasteiger partial charge on any atom is 0.416 e. The molecule has 0 unspecified atom stereocenters. The summed E-state index contributed by atoms with van der Waals surface area (Å²) >= 11 is 0. The van der Waals surface area contributed by atoms with E-state index in [1.54, 1.807) is 0 Å². The molecule has 2 aromatic carbocycles. The quantitative estimate of drug-likeness (QED) is 0.791. The van der Waals surface area contributed by atoms with Gasteiger partial charge in [0.25, 0.3) is 0 Å². The van der Waals surface area contributed by atoms with E-state index in [1.165, 1.54) is 17.7 Å². The molecule has 1 fully saturated rings. The lowest BCUT2D eigenvalue weighted by molar-refractivity contribution is -0.137. The molecule has 2 aromatic rings. The highest BCUT2D eigenvalue weighted by Gasteiger charge is 2.44. The summed E-state index contributed by atoms with van der Waals surface area (Å²) in [5.41, 5.74) is 6.63. The van der Waals surface area contributed by atoms with Gasteiger partial charge in [0.15, 0.2) is 0 Å². The Morgan fingerprint density at radius 1 is 1.14 bits per heavy atom. The number of hydrogen-bond acceptors (Lipinski definition) is 4. The summed E-state index contributed by atoms with van der Waals surface area (Å²) in [7, 11) is 1.89. The number of alkyl halides is 3. The van der Waals surface area contributed by atoms with Crippen molar-refractivity contribution in [2.45, 2.75) is 43.3 Å². The van der Waals surface area contributed by atoms with Gasteiger partial charge in [-0.25, -0.2) is 0 Å². The SMILES string of the molecule is CN(CCc1ccccc1)[C@@H]1[C@@H](O)[C@H](Oc2cccc(C(F)(F)F)c2)C[C@H]1N. The fourth-order valence-electron chi connectivity index (χ4n) is 3.75. The minimum atomic E-state index is -4.44. The molecular formula is C21H25F3N2O2. The minimum absolute atomic E-state index is 0.0821. The van der Waals surface area contributed by atoms with E-state index in [1.807, 2.05) is 42.3 Å². The van der Waals surface area contributed by atoms with E-state index in [0.29, 0.717) is 13.0 Å². The number of aliphatic hydroxyl groups is 1. The van der Waals surface area contributed by atoms with Crippen molar-refractivity contribution in [3.8, 4) is 5.75 Å². The van der Waals surface area contributed by atoms with Crippen molar-refractivity contribution in [2.75, 3.05) is 13.6 Å². The van der Waals surface area contributed by atoms with Crippen molar-refractivity contribution in [1.82, 2.24) is 4.90 Å². The zero-order valence-corrected chi connectivity index (χ0v) is 15.6. The van der Waals surface area contributed by atoms with Gasteiger partial charge in [0.1, 0.15) is 18.0 Å². The van der Waals surface area contributed by atoms with Crippen LogP contribution in [0, 0.1) is 0 Å². The van der Waals surface area contributed by atoms with Crippen molar-refractivity contribution in [1.29, 1.82) is 0 Å². The van der Waals surface area contributed by atoms with Gasteiger partial charge in [-0.3, -0.25) is 4.90 Å². The van der Waals surface area contributed by atoms with Crippen molar-refractivity contribution < 1.29 is 23.0 Å². The topological polar surface area (TPSA) is 58.7 Å². The molecule has 1 aliphatic rings. The Balaban J connectivity index is 1.63. The normalized spacial score (nSPS) is 25.2. The number of benzene rings is 2. The van der Waals surface area contributed by atoms with Gasteiger partial charge in [0, 0.05) is 19.0 Å². The highest BCUT2D eigenvalue weighted by molar-refractivity contribution is 5.30. The average Bonchev–Trinajstić information content (AvgIpc) is 2.93. The van der Waals surface area contributed by atoms with Crippen LogP contribution < -0.4 is 10.5 Å². The van der Waals surface area contributed by atoms with E-state index in [9.17, 15) is 18.3 Å². The summed E-state index contributed by atoms with van der Waals surface area (Å²) in [5, 5.41) is 10.7. The smallest absolute Gasteiger partial charge is 0.416 e. The van der Waals surface area contributed by atoms with Gasteiger partial charge in [0.05, 0.1) is 11.6 Å². The van der Waals surface area contributed by atoms with Crippen LogP contribution in [0.25, 0.3) is 0 Å². The lowest BCUT2D eigenvalue weighted by Crippen LogP contribution is -2.49. The second-order valence-corrected chi connectivity index (χ2v) is 7.28. The second-order valence-electron chi connectivity index (χ2n) is 7.28. The van der Waals surface area contributed by atoms with E-state index >= 15 is 0 Å². The van der Waals surface area contributed by atoms with Crippen LogP contribution >= 0.6 is 0 Å². The number of ether oxygens (including phenoxy) is 1. The Hall–Kier alpha value is -2.09. The van der Waals surface area contributed by atoms with E-state index in [2.05, 4.69) is 0 Å². The molecule has 0 bridgehead atoms. The largest absolute Gasteiger partial charge is 0.488 e. The number of nitrogens with zero attached hydrogens (tertiary/aromatic N) is 1. The summed E-state index contributed by atoms with van der Waals surface area (Å²) in [5.74, 6) is 0.0821. The summed E-state index contributed by atoms with van der Waals surface area (Å²) in [4.78, 5) is 2.00. The molecule has 0 radical (unpaired) electrons. The monoisotopic (exact) mass is 394 g/mol. The van der Waals surface area contributed by atoms with Crippen molar-refractivity contribution in [2.24, 2.45) is 5.73 Å². The molecule has 152 valence electrons. The number of aliphatic hydroxyl groups excluding tert-OH is 1. The molecule has 0 spiro atoms. The predicted octanol–water partition coefficient (Wildman–Crippen LogP) is 3.09. The minimum Gasteiger partial charge on any atom is -0.488 e. The summed E-state index contributed by atoms with van der Waals surface area (Å²) < 4.78 is 44.3. The lowest BCUT2D eigenvalue weighted by atomic mass is 10.1. The van der Waals surface area contributed by atoms with E-state index in [4.69, 9.17) is 10.5 Å². The Bertz CT molecular complexity index is 770. The fraction of sp³-hybridized carbons (Fsp3) is 0.429. The number of hydrogen-bond donors (Lipinski definition) is 2. The molecule has 1 saturated carbocycles. The number of likely N-dealkylation sites (N-methyl/N-ethyl adjacent to an activating group) is 1. The molecular weight excluding hydrogens is 369 g/mol. The maximum atomic E-state index is 12.9. The van der Waals surface area contributed by atoms with Crippen molar-refractivity contribution >= 4 is 0 Å². The Morgan fingerprint density at radius 3 is 2.54 bits per heavy atom. The Morgan fingerprint density at radius 2 is 1.86 bits per heavy atom. The maximum absolute atomic E-state index is 12.9. The summed E-state index contributed by atoms with van der Waals surface area (Å²) in [6.07, 6.45) is -4.79. The second kappa shape index (κ2) is 8.51. The van der Waals surface area contributed by atoms with Gasteiger partial charge < -0.3 is 15.6 Å². The zero-order chi connectivity index (χ0) is 20.3. The molecule has 0 amide bonds. The van der Waals surface area contributed by atoms with Gasteiger partial charge in [-0.15, -0.1) is 0 Å². The lowest BCUT2D eigenvalue weighted by Gasteiger charge is -2.30. The molecule has 0 heterocycles. The van der Waals surface area contributed by atoms with Gasteiger partial charge >= 0.3 is 6.18 Å². The third-order valence-corrected chi connectivity index (χ3v) is 5.23. The molecule has 0 aromatic heterocycles. The first-order valence-electron chi connectivity index (χ1n) is 9.27. The summed E-state index contributed by atoms with van der Waals surface area (Å²) in [6.45, 7) is 0.704. The van der Waals surface area contributed by atoms with Gasteiger partial charge in [0.2, 0.25) is 0 Å². The highest BCUT2D eigenvalue weighted by atomic mass is 19.4.